The SMILES string of the molecule is [NH3+]Cc1ccc(C(=O)NO)o1. The van der Waals surface area contributed by atoms with Crippen molar-refractivity contribution < 1.29 is 20.2 Å². The lowest BCUT2D eigenvalue weighted by atomic mass is 10.4. The smallest absolute Gasteiger partial charge is 0.310 e. The third kappa shape index (κ3) is 1.57. The van der Waals surface area contributed by atoms with E-state index in [-0.39, 0.29) is 5.76 Å². The summed E-state index contributed by atoms with van der Waals surface area (Å²) in [5.41, 5.74) is 5.03. The van der Waals surface area contributed by atoms with E-state index in [1.54, 1.807) is 6.07 Å². The highest BCUT2D eigenvalue weighted by molar-refractivity contribution is 5.90. The van der Waals surface area contributed by atoms with Crippen molar-refractivity contribution in [1.29, 1.82) is 0 Å². The number of amides is 1. The van der Waals surface area contributed by atoms with E-state index in [2.05, 4.69) is 5.73 Å². The second-order valence-corrected chi connectivity index (χ2v) is 1.96. The molecule has 0 aromatic carbocycles. The van der Waals surface area contributed by atoms with Crippen molar-refractivity contribution in [2.75, 3.05) is 0 Å². The number of carbonyl (C=O) groups excluding carboxylic acids is 1. The third-order valence-corrected chi connectivity index (χ3v) is 1.23. The minimum atomic E-state index is -0.648. The van der Waals surface area contributed by atoms with E-state index in [0.717, 1.165) is 0 Å². The van der Waals surface area contributed by atoms with Crippen molar-refractivity contribution in [1.82, 2.24) is 5.48 Å². The van der Waals surface area contributed by atoms with Crippen LogP contribution >= 0.6 is 0 Å². The van der Waals surface area contributed by atoms with E-state index in [4.69, 9.17) is 9.62 Å². The molecule has 0 saturated carbocycles. The molecule has 0 saturated heterocycles. The highest BCUT2D eigenvalue weighted by Gasteiger charge is 2.08. The summed E-state index contributed by atoms with van der Waals surface area (Å²) in [5, 5.41) is 8.20. The van der Waals surface area contributed by atoms with Crippen LogP contribution in [-0.4, -0.2) is 11.1 Å². The van der Waals surface area contributed by atoms with Gasteiger partial charge in [-0.05, 0) is 12.1 Å². The lowest BCUT2D eigenvalue weighted by Crippen LogP contribution is -2.47. The van der Waals surface area contributed by atoms with Crippen molar-refractivity contribution in [3.63, 3.8) is 0 Å². The number of furan rings is 1. The Kier molecular flexibility index (Phi) is 2.25. The second kappa shape index (κ2) is 3.18. The first kappa shape index (κ1) is 7.77. The highest BCUT2D eigenvalue weighted by atomic mass is 16.5. The number of hydrogen-bond acceptors (Lipinski definition) is 3. The standard InChI is InChI=1S/C6H8N2O3/c7-3-4-1-2-5(11-4)6(9)8-10/h1-2,10H,3,7H2,(H,8,9)/p+1. The van der Waals surface area contributed by atoms with Crippen molar-refractivity contribution in [2.45, 2.75) is 6.54 Å². The van der Waals surface area contributed by atoms with Crippen LogP contribution in [0.5, 0.6) is 0 Å². The Hall–Kier alpha value is -1.33. The van der Waals surface area contributed by atoms with Gasteiger partial charge in [-0.25, -0.2) is 5.48 Å². The Balaban J connectivity index is 2.80. The van der Waals surface area contributed by atoms with Gasteiger partial charge in [0.05, 0.1) is 0 Å². The number of hydrogen-bond donors (Lipinski definition) is 3. The molecule has 1 heterocycles. The van der Waals surface area contributed by atoms with Gasteiger partial charge in [0.25, 0.3) is 0 Å². The summed E-state index contributed by atoms with van der Waals surface area (Å²) in [7, 11) is 0. The summed E-state index contributed by atoms with van der Waals surface area (Å²) in [5.74, 6) is 0.0550. The number of quaternary nitrogens is 1. The summed E-state index contributed by atoms with van der Waals surface area (Å²) >= 11 is 0. The molecule has 0 unspecified atom stereocenters. The molecule has 0 fully saturated rings. The molecule has 0 aliphatic carbocycles. The number of nitrogens with one attached hydrogen (secondary N) is 1. The highest BCUT2D eigenvalue weighted by Crippen LogP contribution is 2.05. The lowest BCUT2D eigenvalue weighted by Gasteiger charge is -1.90. The average Bonchev–Trinajstić information content (AvgIpc) is 2.50. The van der Waals surface area contributed by atoms with Crippen LogP contribution in [-0.2, 0) is 6.54 Å². The third-order valence-electron chi connectivity index (χ3n) is 1.23. The molecule has 5 heteroatoms. The van der Waals surface area contributed by atoms with Crippen LogP contribution < -0.4 is 11.2 Å². The van der Waals surface area contributed by atoms with E-state index in [1.807, 2.05) is 0 Å². The maximum atomic E-state index is 10.7. The molecular weight excluding hydrogens is 148 g/mol. The van der Waals surface area contributed by atoms with Gasteiger partial charge in [0.15, 0.2) is 11.5 Å². The van der Waals surface area contributed by atoms with E-state index in [0.29, 0.717) is 12.3 Å². The van der Waals surface area contributed by atoms with Crippen molar-refractivity contribution in [2.24, 2.45) is 0 Å². The topological polar surface area (TPSA) is 90.1 Å². The number of rotatable bonds is 2. The quantitative estimate of drug-likeness (QED) is 0.385. The molecule has 0 radical (unpaired) electrons. The van der Waals surface area contributed by atoms with Gasteiger partial charge in [0, 0.05) is 0 Å². The van der Waals surface area contributed by atoms with Gasteiger partial charge in [0.1, 0.15) is 6.54 Å². The summed E-state index contributed by atoms with van der Waals surface area (Å²) < 4.78 is 4.95. The lowest BCUT2D eigenvalue weighted by molar-refractivity contribution is -0.390. The average molecular weight is 157 g/mol. The van der Waals surface area contributed by atoms with E-state index in [1.165, 1.54) is 11.5 Å². The van der Waals surface area contributed by atoms with E-state index < -0.39 is 5.91 Å². The molecule has 1 aromatic rings. The Morgan fingerprint density at radius 1 is 1.73 bits per heavy atom. The fraction of sp³-hybridized carbons (Fsp3) is 0.167. The predicted octanol–water partition coefficient (Wildman–Crippen LogP) is -0.859. The fourth-order valence-corrected chi connectivity index (χ4v) is 0.689. The fourth-order valence-electron chi connectivity index (χ4n) is 0.689. The van der Waals surface area contributed by atoms with Crippen molar-refractivity contribution in [3.8, 4) is 0 Å². The van der Waals surface area contributed by atoms with Gasteiger partial charge in [-0.1, -0.05) is 0 Å². The molecule has 0 spiro atoms. The predicted molar refractivity (Wildman–Crippen MR) is 34.6 cm³/mol. The number of hydroxylamine groups is 1. The minimum Gasteiger partial charge on any atom is -0.450 e. The molecule has 5 nitrogen and oxygen atoms in total. The number of carbonyl (C=O) groups is 1. The molecule has 60 valence electrons. The Morgan fingerprint density at radius 2 is 2.45 bits per heavy atom. The van der Waals surface area contributed by atoms with Crippen LogP contribution in [0.4, 0.5) is 0 Å². The molecule has 11 heavy (non-hydrogen) atoms. The van der Waals surface area contributed by atoms with Gasteiger partial charge in [-0.2, -0.15) is 0 Å². The van der Waals surface area contributed by atoms with Crippen molar-refractivity contribution >= 4 is 5.91 Å². The molecule has 0 aliphatic heterocycles. The Labute approximate surface area is 62.8 Å². The zero-order chi connectivity index (χ0) is 8.27. The van der Waals surface area contributed by atoms with Gasteiger partial charge >= 0.3 is 5.91 Å². The Morgan fingerprint density at radius 3 is 2.91 bits per heavy atom. The molecular formula is C6H9N2O3+. The van der Waals surface area contributed by atoms with Crippen LogP contribution in [0, 0.1) is 0 Å². The summed E-state index contributed by atoms with van der Waals surface area (Å²) in [4.78, 5) is 10.7. The van der Waals surface area contributed by atoms with Gasteiger partial charge < -0.3 is 10.2 Å². The largest absolute Gasteiger partial charge is 0.450 e. The first-order chi connectivity index (χ1) is 5.27. The van der Waals surface area contributed by atoms with Crippen molar-refractivity contribution in [3.05, 3.63) is 23.7 Å². The van der Waals surface area contributed by atoms with E-state index in [9.17, 15) is 4.79 Å². The molecule has 0 atom stereocenters. The van der Waals surface area contributed by atoms with Crippen LogP contribution in [0.1, 0.15) is 16.3 Å². The normalized spacial score (nSPS) is 9.64. The summed E-state index contributed by atoms with van der Waals surface area (Å²) in [6.45, 7) is 0.485. The van der Waals surface area contributed by atoms with Crippen LogP contribution in [0.3, 0.4) is 0 Å². The Bertz CT molecular complexity index is 256. The molecule has 5 N–H and O–H groups in total. The summed E-state index contributed by atoms with van der Waals surface area (Å²) in [6.07, 6.45) is 0. The van der Waals surface area contributed by atoms with Gasteiger partial charge in [0.2, 0.25) is 0 Å². The molecule has 1 aromatic heterocycles. The second-order valence-electron chi connectivity index (χ2n) is 1.96. The molecule has 0 bridgehead atoms. The van der Waals surface area contributed by atoms with Gasteiger partial charge in [-0.3, -0.25) is 10.0 Å². The van der Waals surface area contributed by atoms with Crippen LogP contribution in [0.15, 0.2) is 16.5 Å². The first-order valence-corrected chi connectivity index (χ1v) is 3.10. The molecule has 0 aliphatic rings. The maximum Gasteiger partial charge on any atom is 0.310 e. The van der Waals surface area contributed by atoms with Gasteiger partial charge in [-0.15, -0.1) is 0 Å². The first-order valence-electron chi connectivity index (χ1n) is 3.10. The van der Waals surface area contributed by atoms with E-state index >= 15 is 0 Å². The summed E-state index contributed by atoms with van der Waals surface area (Å²) in [6, 6.07) is 3.11. The monoisotopic (exact) mass is 157 g/mol. The zero-order valence-electron chi connectivity index (χ0n) is 5.83. The zero-order valence-corrected chi connectivity index (χ0v) is 5.83. The maximum absolute atomic E-state index is 10.7. The van der Waals surface area contributed by atoms with Crippen LogP contribution in [0.2, 0.25) is 0 Å². The molecule has 1 amide bonds. The minimum absolute atomic E-state index is 0.0890. The van der Waals surface area contributed by atoms with Crippen LogP contribution in [0.25, 0.3) is 0 Å². The molecule has 1 rings (SSSR count).